The molecule has 0 saturated carbocycles. The molecule has 2 aromatic rings. The summed E-state index contributed by atoms with van der Waals surface area (Å²) in [5, 5.41) is 15.9. The van der Waals surface area contributed by atoms with Crippen LogP contribution in [-0.2, 0) is 41.7 Å². The monoisotopic (exact) mass is 652 g/mol. The van der Waals surface area contributed by atoms with Gasteiger partial charge in [0.05, 0.1) is 6.04 Å². The summed E-state index contributed by atoms with van der Waals surface area (Å²) < 4.78 is 6.91. The standard InChI is InChI=1S/C33H48N8O6/c1-21(2)29-30-36-23(4)39-41(30)20-28(43)34-14-16-40(33(46)25-12-17-47-18-13-25)15-8-11-27(42)35-22(3)31(44)37-26(32(45)38-29)19-24-9-6-5-7-10-24/h5-7,9-10,21-22,25-26,29H,8,11-20H2,1-4H3,(H,34,43)(H,35,42)(H,37,44)(H,38,45)/t22-,26+,29-/m0/s1. The average molecular weight is 653 g/mol. The highest BCUT2D eigenvalue weighted by molar-refractivity contribution is 5.92. The van der Waals surface area contributed by atoms with E-state index in [0.717, 1.165) is 5.56 Å². The zero-order valence-electron chi connectivity index (χ0n) is 27.8. The first-order chi connectivity index (χ1) is 22.5. The molecule has 1 fully saturated rings. The molecule has 4 N–H and O–H groups in total. The number of ether oxygens (including phenoxy) is 1. The Morgan fingerprint density at radius 3 is 2.40 bits per heavy atom. The van der Waals surface area contributed by atoms with Gasteiger partial charge in [-0.2, -0.15) is 5.10 Å². The molecule has 1 aromatic carbocycles. The maximum absolute atomic E-state index is 13.8. The summed E-state index contributed by atoms with van der Waals surface area (Å²) in [5.74, 6) is -1.07. The summed E-state index contributed by atoms with van der Waals surface area (Å²) in [5.41, 5.74) is 0.843. The largest absolute Gasteiger partial charge is 0.381 e. The van der Waals surface area contributed by atoms with Crippen molar-refractivity contribution in [3.8, 4) is 0 Å². The topological polar surface area (TPSA) is 177 Å². The Morgan fingerprint density at radius 1 is 0.979 bits per heavy atom. The van der Waals surface area contributed by atoms with Crippen molar-refractivity contribution in [3.63, 3.8) is 0 Å². The number of aryl methyl sites for hydroxylation is 1. The third-order valence-electron chi connectivity index (χ3n) is 8.45. The zero-order valence-corrected chi connectivity index (χ0v) is 27.8. The summed E-state index contributed by atoms with van der Waals surface area (Å²) in [7, 11) is 0. The van der Waals surface area contributed by atoms with Crippen molar-refractivity contribution >= 4 is 29.5 Å². The maximum atomic E-state index is 13.8. The van der Waals surface area contributed by atoms with Crippen LogP contribution in [0.2, 0.25) is 0 Å². The van der Waals surface area contributed by atoms with E-state index in [1.165, 1.54) is 4.68 Å². The molecule has 1 aromatic heterocycles. The van der Waals surface area contributed by atoms with Crippen molar-refractivity contribution in [1.82, 2.24) is 40.9 Å². The van der Waals surface area contributed by atoms with Gasteiger partial charge in [0.2, 0.25) is 29.5 Å². The fourth-order valence-electron chi connectivity index (χ4n) is 5.82. The molecule has 1 saturated heterocycles. The highest BCUT2D eigenvalue weighted by Gasteiger charge is 2.31. The van der Waals surface area contributed by atoms with E-state index in [1.807, 2.05) is 44.2 Å². The molecule has 3 atom stereocenters. The number of carbonyl (C=O) groups is 5. The van der Waals surface area contributed by atoms with E-state index in [4.69, 9.17) is 4.74 Å². The molecule has 0 unspecified atom stereocenters. The number of aromatic nitrogens is 3. The lowest BCUT2D eigenvalue weighted by Crippen LogP contribution is -2.54. The summed E-state index contributed by atoms with van der Waals surface area (Å²) in [6.45, 7) is 8.85. The number of benzene rings is 1. The minimum absolute atomic E-state index is 0.0213. The molecule has 256 valence electrons. The molecule has 0 spiro atoms. The minimum atomic E-state index is -0.957. The Labute approximate surface area is 275 Å². The Balaban J connectivity index is 1.60. The van der Waals surface area contributed by atoms with Crippen LogP contribution in [0.4, 0.5) is 0 Å². The SMILES string of the molecule is Cc1nc2n(n1)CC(=O)NCCN(C(=O)C1CCOCC1)CCCC(=O)N[C@@H](C)C(=O)N[C@H](Cc1ccccc1)C(=O)N[C@H]2C(C)C. The fraction of sp³-hybridized carbons (Fsp3) is 0.606. The van der Waals surface area contributed by atoms with Gasteiger partial charge in [-0.25, -0.2) is 9.67 Å². The van der Waals surface area contributed by atoms with Crippen molar-refractivity contribution in [2.45, 2.75) is 84.5 Å². The summed E-state index contributed by atoms with van der Waals surface area (Å²) in [6, 6.07) is 6.84. The van der Waals surface area contributed by atoms with Crippen molar-refractivity contribution in [2.75, 3.05) is 32.8 Å². The molecule has 4 rings (SSSR count). The number of fused-ring (bicyclic) bond motifs is 1. The van der Waals surface area contributed by atoms with E-state index in [-0.39, 0.29) is 62.0 Å². The molecular weight excluding hydrogens is 604 g/mol. The van der Waals surface area contributed by atoms with Crippen LogP contribution in [-0.4, -0.2) is 94.1 Å². The Morgan fingerprint density at radius 2 is 1.70 bits per heavy atom. The predicted octanol–water partition coefficient (Wildman–Crippen LogP) is 0.797. The van der Waals surface area contributed by atoms with Crippen molar-refractivity contribution in [3.05, 3.63) is 47.5 Å². The maximum Gasteiger partial charge on any atom is 0.243 e. The number of hydrogen-bond acceptors (Lipinski definition) is 8. The lowest BCUT2D eigenvalue weighted by atomic mass is 9.98. The van der Waals surface area contributed by atoms with E-state index >= 15 is 0 Å². The first-order valence-electron chi connectivity index (χ1n) is 16.5. The lowest BCUT2D eigenvalue weighted by molar-refractivity contribution is -0.139. The minimum Gasteiger partial charge on any atom is -0.381 e. The zero-order chi connectivity index (χ0) is 33.9. The first-order valence-corrected chi connectivity index (χ1v) is 16.5. The molecule has 2 aliphatic rings. The number of nitrogens with one attached hydrogen (secondary N) is 4. The van der Waals surface area contributed by atoms with E-state index in [1.54, 1.807) is 18.7 Å². The predicted molar refractivity (Wildman–Crippen MR) is 173 cm³/mol. The molecule has 0 aliphatic carbocycles. The van der Waals surface area contributed by atoms with Gasteiger partial charge in [0.25, 0.3) is 0 Å². The van der Waals surface area contributed by atoms with Crippen LogP contribution in [0.15, 0.2) is 30.3 Å². The molecule has 2 aliphatic heterocycles. The van der Waals surface area contributed by atoms with Crippen molar-refractivity contribution in [1.29, 1.82) is 0 Å². The molecule has 5 amide bonds. The van der Waals surface area contributed by atoms with Crippen LogP contribution in [0.5, 0.6) is 0 Å². The van der Waals surface area contributed by atoms with Gasteiger partial charge in [0.15, 0.2) is 5.82 Å². The number of amides is 5. The lowest BCUT2D eigenvalue weighted by Gasteiger charge is -2.30. The van der Waals surface area contributed by atoms with Crippen LogP contribution < -0.4 is 21.3 Å². The average Bonchev–Trinajstić information content (AvgIpc) is 3.41. The number of hydrogen-bond donors (Lipinski definition) is 4. The van der Waals surface area contributed by atoms with Crippen LogP contribution in [0.1, 0.15) is 69.7 Å². The highest BCUT2D eigenvalue weighted by atomic mass is 16.5. The number of rotatable bonds is 4. The molecule has 3 heterocycles. The van der Waals surface area contributed by atoms with Crippen LogP contribution in [0, 0.1) is 18.8 Å². The van der Waals surface area contributed by atoms with Crippen molar-refractivity contribution < 1.29 is 28.7 Å². The van der Waals surface area contributed by atoms with Gasteiger partial charge in [0, 0.05) is 51.6 Å². The van der Waals surface area contributed by atoms with Gasteiger partial charge < -0.3 is 30.9 Å². The quantitative estimate of drug-likeness (QED) is 0.375. The molecule has 47 heavy (non-hydrogen) atoms. The van der Waals surface area contributed by atoms with Gasteiger partial charge >= 0.3 is 0 Å². The fourth-order valence-corrected chi connectivity index (χ4v) is 5.82. The Kier molecular flexibility index (Phi) is 12.9. The molecule has 0 bridgehead atoms. The second-order valence-electron chi connectivity index (χ2n) is 12.6. The van der Waals surface area contributed by atoms with Crippen LogP contribution in [0.25, 0.3) is 0 Å². The summed E-state index contributed by atoms with van der Waals surface area (Å²) in [4.78, 5) is 72.8. The van der Waals surface area contributed by atoms with Crippen molar-refractivity contribution in [2.24, 2.45) is 11.8 Å². The second kappa shape index (κ2) is 17.0. The van der Waals surface area contributed by atoms with Gasteiger partial charge in [-0.15, -0.1) is 0 Å². The second-order valence-corrected chi connectivity index (χ2v) is 12.6. The molecular formula is C33H48N8O6. The summed E-state index contributed by atoms with van der Waals surface area (Å²) >= 11 is 0. The third-order valence-corrected chi connectivity index (χ3v) is 8.45. The Bertz CT molecular complexity index is 1390. The van der Waals surface area contributed by atoms with Gasteiger partial charge in [-0.1, -0.05) is 44.2 Å². The van der Waals surface area contributed by atoms with E-state index in [0.29, 0.717) is 50.7 Å². The highest BCUT2D eigenvalue weighted by Crippen LogP contribution is 2.21. The van der Waals surface area contributed by atoms with Gasteiger partial charge in [-0.3, -0.25) is 24.0 Å². The van der Waals surface area contributed by atoms with Gasteiger partial charge in [0.1, 0.15) is 24.5 Å². The Hall–Kier alpha value is -4.33. The summed E-state index contributed by atoms with van der Waals surface area (Å²) in [6.07, 6.45) is 1.94. The third kappa shape index (κ3) is 10.3. The molecule has 14 heteroatoms. The number of carbonyl (C=O) groups excluding carboxylic acids is 5. The number of nitrogens with zero attached hydrogens (tertiary/aromatic N) is 4. The molecule has 14 nitrogen and oxygen atoms in total. The van der Waals surface area contributed by atoms with E-state index < -0.39 is 29.9 Å². The first kappa shape index (κ1) is 35.5. The van der Waals surface area contributed by atoms with E-state index in [2.05, 4.69) is 31.3 Å². The van der Waals surface area contributed by atoms with Crippen LogP contribution >= 0.6 is 0 Å². The van der Waals surface area contributed by atoms with Gasteiger partial charge in [-0.05, 0) is 44.6 Å². The van der Waals surface area contributed by atoms with E-state index in [9.17, 15) is 24.0 Å². The molecule has 0 radical (unpaired) electrons. The smallest absolute Gasteiger partial charge is 0.243 e. The normalized spacial score (nSPS) is 23.3. The van der Waals surface area contributed by atoms with Crippen LogP contribution in [0.3, 0.4) is 0 Å².